The largest absolute Gasteiger partial charge is 0.416 e. The number of hydroxylamine groups is 2. The summed E-state index contributed by atoms with van der Waals surface area (Å²) in [5.41, 5.74) is 3.68. The van der Waals surface area contributed by atoms with Crippen molar-refractivity contribution in [1.82, 2.24) is 5.06 Å². The fourth-order valence-corrected chi connectivity index (χ4v) is 3.77. The molecule has 146 valence electrons. The third-order valence-electron chi connectivity index (χ3n) is 4.01. The number of rotatable bonds is 3. The second-order valence-electron chi connectivity index (χ2n) is 6.06. The molecule has 3 nitrogen and oxygen atoms in total. The van der Waals surface area contributed by atoms with E-state index in [4.69, 9.17) is 10.6 Å². The summed E-state index contributed by atoms with van der Waals surface area (Å²) in [6, 6.07) is 2.83. The van der Waals surface area contributed by atoms with Crippen molar-refractivity contribution < 1.29 is 31.2 Å². The number of hydrogen-bond acceptors (Lipinski definition) is 4. The Morgan fingerprint density at radius 1 is 1.07 bits per heavy atom. The summed E-state index contributed by atoms with van der Waals surface area (Å²) < 4.78 is 78.1. The second-order valence-corrected chi connectivity index (χ2v) is 7.01. The molecule has 10 heteroatoms. The molecule has 0 spiro atoms. The average molecular weight is 408 g/mol. The first kappa shape index (κ1) is 19.6. The van der Waals surface area contributed by atoms with Crippen LogP contribution in [0.4, 0.5) is 26.3 Å². The highest BCUT2D eigenvalue weighted by Crippen LogP contribution is 2.39. The predicted octanol–water partition coefficient (Wildman–Crippen LogP) is 5.38. The highest BCUT2D eigenvalue weighted by molar-refractivity contribution is 7.10. The van der Waals surface area contributed by atoms with Gasteiger partial charge >= 0.3 is 12.4 Å². The van der Waals surface area contributed by atoms with Gasteiger partial charge in [0.2, 0.25) is 5.88 Å². The van der Waals surface area contributed by atoms with E-state index in [1.807, 2.05) is 18.4 Å². The molecular formula is C17H14F6N2OS. The molecular weight excluding hydrogens is 394 g/mol. The lowest BCUT2D eigenvalue weighted by molar-refractivity contribution is -0.144. The fourth-order valence-electron chi connectivity index (χ4n) is 2.78. The third kappa shape index (κ3) is 4.22. The molecule has 27 heavy (non-hydrogen) atoms. The summed E-state index contributed by atoms with van der Waals surface area (Å²) in [4.78, 5) is 6.17. The van der Waals surface area contributed by atoms with Gasteiger partial charge in [0.25, 0.3) is 0 Å². The minimum absolute atomic E-state index is 0.0378. The molecule has 1 unspecified atom stereocenters. The van der Waals surface area contributed by atoms with Gasteiger partial charge in [-0.1, -0.05) is 0 Å². The van der Waals surface area contributed by atoms with Gasteiger partial charge in [0, 0.05) is 11.0 Å². The second kappa shape index (κ2) is 6.75. The van der Waals surface area contributed by atoms with E-state index in [0.717, 1.165) is 10.4 Å². The molecule has 2 N–H and O–H groups in total. The summed E-state index contributed by atoms with van der Waals surface area (Å²) in [5, 5.41) is 3.10. The van der Waals surface area contributed by atoms with Gasteiger partial charge < -0.3 is 10.6 Å². The van der Waals surface area contributed by atoms with Gasteiger partial charge in [0.1, 0.15) is 6.04 Å². The minimum Gasteiger partial charge on any atom is -0.387 e. The predicted molar refractivity (Wildman–Crippen MR) is 87.1 cm³/mol. The van der Waals surface area contributed by atoms with Crippen LogP contribution < -0.4 is 5.73 Å². The molecule has 2 heterocycles. The Morgan fingerprint density at radius 2 is 1.67 bits per heavy atom. The lowest BCUT2D eigenvalue weighted by Crippen LogP contribution is -2.24. The van der Waals surface area contributed by atoms with Gasteiger partial charge in [-0.05, 0) is 47.7 Å². The number of alkyl halides is 6. The van der Waals surface area contributed by atoms with Crippen LogP contribution in [0.3, 0.4) is 0 Å². The monoisotopic (exact) mass is 408 g/mol. The normalized spacial score (nSPS) is 18.5. The first-order valence-corrected chi connectivity index (χ1v) is 8.57. The zero-order valence-corrected chi connectivity index (χ0v) is 14.7. The number of nitrogens with zero attached hydrogens (tertiary/aromatic N) is 1. The van der Waals surface area contributed by atoms with Gasteiger partial charge in [-0.15, -0.1) is 16.4 Å². The highest BCUT2D eigenvalue weighted by Gasteiger charge is 2.38. The zero-order valence-electron chi connectivity index (χ0n) is 13.9. The summed E-state index contributed by atoms with van der Waals surface area (Å²) in [6.07, 6.45) is -8.23. The molecule has 0 amide bonds. The lowest BCUT2D eigenvalue weighted by atomic mass is 10.0. The van der Waals surface area contributed by atoms with E-state index in [2.05, 4.69) is 0 Å². The van der Waals surface area contributed by atoms with Crippen molar-refractivity contribution in [3.05, 3.63) is 68.7 Å². The SMILES string of the molecule is Cc1ccsc1C1C=C(N)ON1Cc1cc(C(F)(F)F)cc(C(F)(F)F)c1. The van der Waals surface area contributed by atoms with Crippen LogP contribution in [0.15, 0.2) is 41.6 Å². The molecule has 0 saturated heterocycles. The van der Waals surface area contributed by atoms with E-state index < -0.39 is 29.5 Å². The molecule has 0 radical (unpaired) electrons. The number of thiophene rings is 1. The molecule has 2 aromatic rings. The van der Waals surface area contributed by atoms with Crippen molar-refractivity contribution in [1.29, 1.82) is 0 Å². The smallest absolute Gasteiger partial charge is 0.387 e. The molecule has 0 bridgehead atoms. The summed E-state index contributed by atoms with van der Waals surface area (Å²) in [6.45, 7) is 1.55. The molecule has 0 fully saturated rings. The van der Waals surface area contributed by atoms with Gasteiger partial charge in [-0.25, -0.2) is 0 Å². The summed E-state index contributed by atoms with van der Waals surface area (Å²) in [7, 11) is 0. The van der Waals surface area contributed by atoms with E-state index in [1.165, 1.54) is 16.4 Å². The van der Waals surface area contributed by atoms with E-state index in [0.29, 0.717) is 12.1 Å². The van der Waals surface area contributed by atoms with Gasteiger partial charge in [-0.2, -0.15) is 26.3 Å². The van der Waals surface area contributed by atoms with Crippen LogP contribution in [-0.2, 0) is 23.7 Å². The van der Waals surface area contributed by atoms with Crippen molar-refractivity contribution >= 4 is 11.3 Å². The van der Waals surface area contributed by atoms with Crippen molar-refractivity contribution in [2.24, 2.45) is 5.73 Å². The molecule has 0 aliphatic carbocycles. The Bertz CT molecular complexity index is 839. The van der Waals surface area contributed by atoms with Crippen LogP contribution in [0.2, 0.25) is 0 Å². The fraction of sp³-hybridized carbons (Fsp3) is 0.294. The molecule has 0 saturated carbocycles. The Labute approximate surface area is 154 Å². The average Bonchev–Trinajstić information content (AvgIpc) is 3.10. The highest BCUT2D eigenvalue weighted by atomic mass is 32.1. The first-order valence-electron chi connectivity index (χ1n) is 7.69. The summed E-state index contributed by atoms with van der Waals surface area (Å²) in [5.74, 6) is 0.0378. The molecule has 1 atom stereocenters. The quantitative estimate of drug-likeness (QED) is 0.693. The van der Waals surface area contributed by atoms with Crippen molar-refractivity contribution in [2.75, 3.05) is 0 Å². The van der Waals surface area contributed by atoms with Gasteiger partial charge in [0.15, 0.2) is 0 Å². The topological polar surface area (TPSA) is 38.5 Å². The van der Waals surface area contributed by atoms with Gasteiger partial charge in [-0.3, -0.25) is 0 Å². The standard InChI is InChI=1S/C17H14F6N2OS/c1-9-2-3-27-15(9)13-7-14(24)26-25(13)8-10-4-11(16(18,19)20)6-12(5-10)17(21,22)23/h2-7,13H,8,24H2,1H3. The van der Waals surface area contributed by atoms with E-state index in [-0.39, 0.29) is 24.1 Å². The van der Waals surface area contributed by atoms with Crippen LogP contribution in [-0.4, -0.2) is 5.06 Å². The number of nitrogens with two attached hydrogens (primary N) is 1. The number of benzene rings is 1. The summed E-state index contributed by atoms with van der Waals surface area (Å²) >= 11 is 1.40. The molecule has 3 rings (SSSR count). The lowest BCUT2D eigenvalue weighted by Gasteiger charge is -2.23. The van der Waals surface area contributed by atoms with Crippen molar-refractivity contribution in [3.63, 3.8) is 0 Å². The van der Waals surface area contributed by atoms with E-state index in [9.17, 15) is 26.3 Å². The molecule has 1 aromatic heterocycles. The maximum absolute atomic E-state index is 13.0. The Morgan fingerprint density at radius 3 is 2.15 bits per heavy atom. The molecule has 1 aliphatic heterocycles. The van der Waals surface area contributed by atoms with Crippen LogP contribution in [0.25, 0.3) is 0 Å². The van der Waals surface area contributed by atoms with Gasteiger partial charge in [0.05, 0.1) is 17.7 Å². The Kier molecular flexibility index (Phi) is 4.89. The number of aryl methyl sites for hydroxylation is 1. The van der Waals surface area contributed by atoms with Crippen LogP contribution in [0, 0.1) is 6.92 Å². The maximum atomic E-state index is 13.0. The van der Waals surface area contributed by atoms with Crippen LogP contribution in [0.5, 0.6) is 0 Å². The molecule has 1 aliphatic rings. The maximum Gasteiger partial charge on any atom is 0.416 e. The van der Waals surface area contributed by atoms with Crippen molar-refractivity contribution in [2.45, 2.75) is 31.9 Å². The third-order valence-corrected chi connectivity index (χ3v) is 5.10. The Balaban J connectivity index is 1.96. The number of halogens is 6. The first-order chi connectivity index (χ1) is 12.4. The Hall–Kier alpha value is -2.20. The molecule has 1 aromatic carbocycles. The zero-order chi connectivity index (χ0) is 20.0. The van der Waals surface area contributed by atoms with E-state index in [1.54, 1.807) is 6.08 Å². The minimum atomic E-state index is -4.90. The van der Waals surface area contributed by atoms with E-state index >= 15 is 0 Å². The number of hydrogen-bond donors (Lipinski definition) is 1. The van der Waals surface area contributed by atoms with Crippen molar-refractivity contribution in [3.8, 4) is 0 Å². The van der Waals surface area contributed by atoms with Crippen LogP contribution >= 0.6 is 11.3 Å². The van der Waals surface area contributed by atoms with Crippen LogP contribution in [0.1, 0.15) is 33.2 Å².